The van der Waals surface area contributed by atoms with E-state index in [9.17, 15) is 9.90 Å². The fourth-order valence-corrected chi connectivity index (χ4v) is 4.21. The van der Waals surface area contributed by atoms with Crippen molar-refractivity contribution in [3.8, 4) is 28.4 Å². The van der Waals surface area contributed by atoms with Crippen LogP contribution in [0.25, 0.3) is 33.4 Å². The molecule has 2 aromatic carbocycles. The van der Waals surface area contributed by atoms with Gasteiger partial charge >= 0.3 is 6.09 Å². The number of nitrogens with one attached hydrogen (secondary N) is 2. The average molecular weight is 450 g/mol. The van der Waals surface area contributed by atoms with Crippen LogP contribution in [-0.2, 0) is 4.74 Å². The Bertz CT molecular complexity index is 1290. The zero-order valence-electron chi connectivity index (χ0n) is 17.0. The first-order valence-electron chi connectivity index (χ1n) is 10.4. The molecule has 0 saturated heterocycles. The molecule has 0 unspecified atom stereocenters. The summed E-state index contributed by atoms with van der Waals surface area (Å²) in [6, 6.07) is 13.0. The summed E-state index contributed by atoms with van der Waals surface area (Å²) in [4.78, 5) is 21.3. The van der Waals surface area contributed by atoms with Crippen LogP contribution in [0.5, 0.6) is 5.88 Å². The highest BCUT2D eigenvalue weighted by Gasteiger charge is 2.22. The van der Waals surface area contributed by atoms with Gasteiger partial charge in [0.2, 0.25) is 0 Å². The Kier molecular flexibility index (Phi) is 5.36. The maximum Gasteiger partial charge on any atom is 0.413 e. The molecule has 162 valence electrons. The van der Waals surface area contributed by atoms with Crippen LogP contribution in [0.2, 0.25) is 5.02 Å². The molecule has 2 aromatic heterocycles. The molecular formula is C23H20ClN5O3. The van der Waals surface area contributed by atoms with Gasteiger partial charge in [0.1, 0.15) is 11.8 Å². The molecule has 32 heavy (non-hydrogen) atoms. The standard InChI is InChI=1S/C23H20ClN5O3/c24-17-11-14(10-15-12-25-29-18(15)17)20-19(13-6-2-1-3-7-13)26-21(22(30)27-20)28-23(31)32-16-8-4-5-9-16/h1-3,6-7,10-12,16H,4-5,8-9H2,(H,25,29)(H,27,30)(H,26,28,31). The quantitative estimate of drug-likeness (QED) is 0.377. The molecule has 3 N–H and O–H groups in total. The lowest BCUT2D eigenvalue weighted by Crippen LogP contribution is -2.21. The number of hydrogen-bond acceptors (Lipinski definition) is 6. The number of H-pyrrole nitrogens is 1. The average Bonchev–Trinajstić information content (AvgIpc) is 3.47. The van der Waals surface area contributed by atoms with E-state index < -0.39 is 12.0 Å². The summed E-state index contributed by atoms with van der Waals surface area (Å²) in [5.74, 6) is -0.474. The Morgan fingerprint density at radius 1 is 1.09 bits per heavy atom. The van der Waals surface area contributed by atoms with Crippen LogP contribution in [0, 0.1) is 0 Å². The van der Waals surface area contributed by atoms with Crippen LogP contribution >= 0.6 is 11.6 Å². The Morgan fingerprint density at radius 3 is 2.62 bits per heavy atom. The van der Waals surface area contributed by atoms with Crippen molar-refractivity contribution in [3.05, 3.63) is 53.7 Å². The Balaban J connectivity index is 1.57. The minimum absolute atomic E-state index is 0.0638. The first-order chi connectivity index (χ1) is 15.6. The number of halogens is 1. The van der Waals surface area contributed by atoms with Gasteiger partial charge in [-0.15, -0.1) is 0 Å². The zero-order chi connectivity index (χ0) is 22.1. The van der Waals surface area contributed by atoms with Gasteiger partial charge < -0.3 is 9.84 Å². The van der Waals surface area contributed by atoms with Gasteiger partial charge in [0.05, 0.1) is 22.4 Å². The number of amides is 1. The molecule has 0 radical (unpaired) electrons. The lowest BCUT2D eigenvalue weighted by molar-refractivity contribution is 0.114. The number of fused-ring (bicyclic) bond motifs is 1. The van der Waals surface area contributed by atoms with Crippen molar-refractivity contribution in [2.75, 3.05) is 5.32 Å². The molecule has 2 heterocycles. The number of benzene rings is 2. The van der Waals surface area contributed by atoms with Crippen molar-refractivity contribution in [2.45, 2.75) is 31.8 Å². The fourth-order valence-electron chi connectivity index (χ4n) is 3.94. The maximum absolute atomic E-state index is 12.3. The molecule has 1 fully saturated rings. The molecule has 9 heteroatoms. The summed E-state index contributed by atoms with van der Waals surface area (Å²) in [7, 11) is 0. The lowest BCUT2D eigenvalue weighted by atomic mass is 10.0. The highest BCUT2D eigenvalue weighted by atomic mass is 35.5. The zero-order valence-corrected chi connectivity index (χ0v) is 17.8. The minimum Gasteiger partial charge on any atom is -0.491 e. The molecule has 0 atom stereocenters. The van der Waals surface area contributed by atoms with Crippen molar-refractivity contribution >= 4 is 34.4 Å². The summed E-state index contributed by atoms with van der Waals surface area (Å²) in [6.45, 7) is 0. The van der Waals surface area contributed by atoms with Crippen molar-refractivity contribution in [2.24, 2.45) is 0 Å². The van der Waals surface area contributed by atoms with Gasteiger partial charge in [-0.3, -0.25) is 10.4 Å². The smallest absolute Gasteiger partial charge is 0.413 e. The van der Waals surface area contributed by atoms with Gasteiger partial charge in [0, 0.05) is 16.5 Å². The lowest BCUT2D eigenvalue weighted by Gasteiger charge is -2.15. The summed E-state index contributed by atoms with van der Waals surface area (Å²) >= 11 is 6.42. The van der Waals surface area contributed by atoms with E-state index in [1.807, 2.05) is 36.4 Å². The van der Waals surface area contributed by atoms with Gasteiger partial charge in [-0.1, -0.05) is 41.9 Å². The van der Waals surface area contributed by atoms with E-state index in [-0.39, 0.29) is 11.9 Å². The van der Waals surface area contributed by atoms with Crippen molar-refractivity contribution in [3.63, 3.8) is 0 Å². The Labute approximate surface area is 188 Å². The molecule has 5 rings (SSSR count). The number of hydrogen-bond donors (Lipinski definition) is 3. The molecule has 8 nitrogen and oxygen atoms in total. The third kappa shape index (κ3) is 3.97. The first-order valence-corrected chi connectivity index (χ1v) is 10.7. The number of rotatable bonds is 4. The molecule has 1 aliphatic carbocycles. The maximum atomic E-state index is 12.3. The van der Waals surface area contributed by atoms with Gasteiger partial charge in [-0.2, -0.15) is 5.10 Å². The Hall–Kier alpha value is -3.65. The second kappa shape index (κ2) is 8.47. The van der Waals surface area contributed by atoms with Gasteiger partial charge in [-0.25, -0.2) is 14.8 Å². The minimum atomic E-state index is -0.656. The van der Waals surface area contributed by atoms with Crippen molar-refractivity contribution in [1.29, 1.82) is 0 Å². The summed E-state index contributed by atoms with van der Waals surface area (Å²) in [5.41, 5.74) is 3.05. The molecule has 0 bridgehead atoms. The topological polar surface area (TPSA) is 113 Å². The molecule has 4 aromatic rings. The van der Waals surface area contributed by atoms with Crippen LogP contribution < -0.4 is 5.32 Å². The fraction of sp³-hybridized carbons (Fsp3) is 0.217. The number of aromatic nitrogens is 4. The number of nitrogens with zero attached hydrogens (tertiary/aromatic N) is 3. The second-order valence-electron chi connectivity index (χ2n) is 7.69. The number of anilines is 1. The van der Waals surface area contributed by atoms with E-state index in [2.05, 4.69) is 25.5 Å². The highest BCUT2D eigenvalue weighted by Crippen LogP contribution is 2.36. The predicted octanol–water partition coefficient (Wildman–Crippen LogP) is 5.54. The number of ether oxygens (including phenoxy) is 1. The number of aromatic hydroxyl groups is 1. The normalized spacial score (nSPS) is 14.0. The van der Waals surface area contributed by atoms with Crippen LogP contribution in [0.15, 0.2) is 48.7 Å². The summed E-state index contributed by atoms with van der Waals surface area (Å²) in [6.07, 6.45) is 4.67. The van der Waals surface area contributed by atoms with E-state index in [4.69, 9.17) is 16.3 Å². The van der Waals surface area contributed by atoms with E-state index in [0.29, 0.717) is 27.5 Å². The van der Waals surface area contributed by atoms with Crippen LogP contribution in [0.1, 0.15) is 25.7 Å². The largest absolute Gasteiger partial charge is 0.491 e. The van der Waals surface area contributed by atoms with Crippen molar-refractivity contribution < 1.29 is 14.6 Å². The van der Waals surface area contributed by atoms with Crippen LogP contribution in [-0.4, -0.2) is 37.5 Å². The third-order valence-corrected chi connectivity index (χ3v) is 5.79. The molecule has 0 aliphatic heterocycles. The molecular weight excluding hydrogens is 430 g/mol. The molecule has 1 aliphatic rings. The van der Waals surface area contributed by atoms with Crippen LogP contribution in [0.3, 0.4) is 0 Å². The number of aromatic amines is 1. The van der Waals surface area contributed by atoms with E-state index in [1.54, 1.807) is 12.3 Å². The molecule has 0 spiro atoms. The molecule has 1 amide bonds. The summed E-state index contributed by atoms with van der Waals surface area (Å²) in [5, 5.41) is 21.3. The monoisotopic (exact) mass is 449 g/mol. The third-order valence-electron chi connectivity index (χ3n) is 5.50. The van der Waals surface area contributed by atoms with Gasteiger partial charge in [-0.05, 0) is 37.8 Å². The summed E-state index contributed by atoms with van der Waals surface area (Å²) < 4.78 is 5.43. The number of carbonyl (C=O) groups excluding carboxylic acids is 1. The van der Waals surface area contributed by atoms with Gasteiger partial charge in [0.25, 0.3) is 5.88 Å². The highest BCUT2D eigenvalue weighted by molar-refractivity contribution is 6.35. The molecule has 1 saturated carbocycles. The predicted molar refractivity (Wildman–Crippen MR) is 122 cm³/mol. The van der Waals surface area contributed by atoms with E-state index in [1.165, 1.54) is 0 Å². The van der Waals surface area contributed by atoms with Crippen LogP contribution in [0.4, 0.5) is 10.6 Å². The van der Waals surface area contributed by atoms with E-state index in [0.717, 1.165) is 36.6 Å². The SMILES string of the molecule is O=C(Nc1nc(-c2ccccc2)c(-c2cc(Cl)c3[nH]ncc3c2)nc1O)OC1CCCC1. The van der Waals surface area contributed by atoms with Crippen molar-refractivity contribution in [1.82, 2.24) is 20.2 Å². The second-order valence-corrected chi connectivity index (χ2v) is 8.10. The van der Waals surface area contributed by atoms with E-state index >= 15 is 0 Å². The number of carbonyl (C=O) groups is 1. The van der Waals surface area contributed by atoms with Gasteiger partial charge in [0.15, 0.2) is 5.82 Å². The first kappa shape index (κ1) is 20.3. The Morgan fingerprint density at radius 2 is 1.84 bits per heavy atom.